The molecule has 0 saturated carbocycles. The lowest BCUT2D eigenvalue weighted by atomic mass is 10.1. The summed E-state index contributed by atoms with van der Waals surface area (Å²) in [5, 5.41) is 10.3. The molecule has 0 fully saturated rings. The number of nitrogens with zero attached hydrogens (tertiary/aromatic N) is 3. The number of benzene rings is 2. The van der Waals surface area contributed by atoms with Crippen molar-refractivity contribution in [1.82, 2.24) is 20.4 Å². The van der Waals surface area contributed by atoms with E-state index in [4.69, 9.17) is 9.26 Å². The zero-order chi connectivity index (χ0) is 20.1. The van der Waals surface area contributed by atoms with E-state index in [1.165, 1.54) is 5.56 Å². The molecule has 0 amide bonds. The summed E-state index contributed by atoms with van der Waals surface area (Å²) in [6, 6.07) is 16.0. The maximum absolute atomic E-state index is 5.78. The molecule has 4 rings (SSSR count). The van der Waals surface area contributed by atoms with Gasteiger partial charge in [-0.3, -0.25) is 0 Å². The molecule has 0 aliphatic carbocycles. The second-order valence-corrected chi connectivity index (χ2v) is 7.71. The first-order chi connectivity index (χ1) is 14.2. The van der Waals surface area contributed by atoms with Crippen molar-refractivity contribution in [1.29, 1.82) is 0 Å². The van der Waals surface area contributed by atoms with Gasteiger partial charge in [-0.05, 0) is 37.6 Å². The average molecular weight is 407 g/mol. The lowest BCUT2D eigenvalue weighted by Crippen LogP contribution is -2.14. The van der Waals surface area contributed by atoms with Gasteiger partial charge in [-0.15, -0.1) is 11.3 Å². The molecule has 0 aliphatic heterocycles. The van der Waals surface area contributed by atoms with Crippen LogP contribution in [-0.2, 0) is 19.7 Å². The Morgan fingerprint density at radius 2 is 1.83 bits per heavy atom. The summed E-state index contributed by atoms with van der Waals surface area (Å²) in [4.78, 5) is 9.07. The summed E-state index contributed by atoms with van der Waals surface area (Å²) in [5.41, 5.74) is 4.26. The van der Waals surface area contributed by atoms with Gasteiger partial charge in [0.1, 0.15) is 17.4 Å². The molecule has 2 aromatic heterocycles. The molecule has 0 radical (unpaired) electrons. The van der Waals surface area contributed by atoms with Crippen LogP contribution in [0.25, 0.3) is 11.5 Å². The molecule has 0 saturated heterocycles. The first-order valence-electron chi connectivity index (χ1n) is 9.39. The minimum Gasteiger partial charge on any atom is -0.486 e. The fourth-order valence-corrected chi connectivity index (χ4v) is 3.53. The van der Waals surface area contributed by atoms with Crippen molar-refractivity contribution in [3.8, 4) is 17.2 Å². The number of ether oxygens (including phenoxy) is 1. The topological polar surface area (TPSA) is 73.1 Å². The summed E-state index contributed by atoms with van der Waals surface area (Å²) in [6.07, 6.45) is 0. The summed E-state index contributed by atoms with van der Waals surface area (Å²) in [6.45, 7) is 5.71. The Kier molecular flexibility index (Phi) is 5.97. The van der Waals surface area contributed by atoms with E-state index in [2.05, 4.69) is 27.4 Å². The van der Waals surface area contributed by atoms with Gasteiger partial charge < -0.3 is 14.6 Å². The van der Waals surface area contributed by atoms with Crippen LogP contribution in [-0.4, -0.2) is 15.1 Å². The predicted octanol–water partition coefficient (Wildman–Crippen LogP) is 4.68. The molecular formula is C22H22N4O2S. The second-order valence-electron chi connectivity index (χ2n) is 6.77. The molecule has 6 nitrogen and oxygen atoms in total. The molecule has 0 spiro atoms. The van der Waals surface area contributed by atoms with Gasteiger partial charge in [0.15, 0.2) is 5.82 Å². The largest absolute Gasteiger partial charge is 0.486 e. The SMILES string of the molecule is Cc1ccc(OCc2nc(CNCc3noc(-c4ccccc4C)n3)cs2)cc1. The van der Waals surface area contributed by atoms with Crippen molar-refractivity contribution in [2.24, 2.45) is 0 Å². The molecule has 0 aliphatic rings. The minimum atomic E-state index is 0.471. The molecule has 7 heteroatoms. The van der Waals surface area contributed by atoms with Crippen LogP contribution >= 0.6 is 11.3 Å². The van der Waals surface area contributed by atoms with Gasteiger partial charge >= 0.3 is 0 Å². The highest BCUT2D eigenvalue weighted by molar-refractivity contribution is 7.09. The van der Waals surface area contributed by atoms with Crippen molar-refractivity contribution in [2.75, 3.05) is 0 Å². The fraction of sp³-hybridized carbons (Fsp3) is 0.227. The maximum Gasteiger partial charge on any atom is 0.258 e. The number of thiazole rings is 1. The lowest BCUT2D eigenvalue weighted by molar-refractivity contribution is 0.305. The Morgan fingerprint density at radius 1 is 1.00 bits per heavy atom. The Hall–Kier alpha value is -3.03. The second kappa shape index (κ2) is 8.98. The highest BCUT2D eigenvalue weighted by atomic mass is 32.1. The summed E-state index contributed by atoms with van der Waals surface area (Å²) >= 11 is 1.60. The molecule has 29 heavy (non-hydrogen) atoms. The van der Waals surface area contributed by atoms with E-state index in [1.54, 1.807) is 11.3 Å². The van der Waals surface area contributed by atoms with E-state index < -0.39 is 0 Å². The number of hydrogen-bond acceptors (Lipinski definition) is 7. The van der Waals surface area contributed by atoms with E-state index in [1.807, 2.05) is 60.8 Å². The summed E-state index contributed by atoms with van der Waals surface area (Å²) in [5.74, 6) is 2.03. The molecule has 0 unspecified atom stereocenters. The van der Waals surface area contributed by atoms with E-state index >= 15 is 0 Å². The molecule has 2 aromatic carbocycles. The van der Waals surface area contributed by atoms with Crippen LogP contribution in [0.3, 0.4) is 0 Å². The van der Waals surface area contributed by atoms with Crippen LogP contribution in [0.2, 0.25) is 0 Å². The van der Waals surface area contributed by atoms with Gasteiger partial charge in [0, 0.05) is 17.5 Å². The van der Waals surface area contributed by atoms with Crippen molar-refractivity contribution < 1.29 is 9.26 Å². The first kappa shape index (κ1) is 19.3. The zero-order valence-corrected chi connectivity index (χ0v) is 17.2. The summed E-state index contributed by atoms with van der Waals surface area (Å²) in [7, 11) is 0. The van der Waals surface area contributed by atoms with Crippen LogP contribution in [0, 0.1) is 13.8 Å². The monoisotopic (exact) mass is 406 g/mol. The number of aryl methyl sites for hydroxylation is 2. The molecule has 4 aromatic rings. The van der Waals surface area contributed by atoms with Crippen LogP contribution in [0.15, 0.2) is 58.4 Å². The van der Waals surface area contributed by atoms with Crippen molar-refractivity contribution >= 4 is 11.3 Å². The van der Waals surface area contributed by atoms with E-state index in [-0.39, 0.29) is 0 Å². The number of nitrogens with one attached hydrogen (secondary N) is 1. The molecule has 1 N–H and O–H groups in total. The van der Waals surface area contributed by atoms with Crippen molar-refractivity contribution in [3.05, 3.63) is 81.6 Å². The van der Waals surface area contributed by atoms with Gasteiger partial charge in [-0.1, -0.05) is 41.1 Å². The third-order valence-corrected chi connectivity index (χ3v) is 5.29. The van der Waals surface area contributed by atoms with Crippen LogP contribution in [0.1, 0.15) is 27.7 Å². The van der Waals surface area contributed by atoms with E-state index in [0.29, 0.717) is 31.4 Å². The fourth-order valence-electron chi connectivity index (χ4n) is 2.83. The molecule has 148 valence electrons. The van der Waals surface area contributed by atoms with Crippen LogP contribution in [0.5, 0.6) is 5.75 Å². The Labute approximate surface area is 173 Å². The van der Waals surface area contributed by atoms with Gasteiger partial charge in [-0.2, -0.15) is 4.98 Å². The molecular weight excluding hydrogens is 384 g/mol. The van der Waals surface area contributed by atoms with Gasteiger partial charge in [-0.25, -0.2) is 4.98 Å². The number of hydrogen-bond donors (Lipinski definition) is 1. The minimum absolute atomic E-state index is 0.471. The smallest absolute Gasteiger partial charge is 0.258 e. The number of rotatable bonds is 8. The van der Waals surface area contributed by atoms with Crippen LogP contribution < -0.4 is 10.1 Å². The van der Waals surface area contributed by atoms with E-state index in [9.17, 15) is 0 Å². The van der Waals surface area contributed by atoms with Crippen LogP contribution in [0.4, 0.5) is 0 Å². The Balaban J connectivity index is 1.26. The Bertz CT molecular complexity index is 1070. The lowest BCUT2D eigenvalue weighted by Gasteiger charge is -2.04. The predicted molar refractivity (Wildman–Crippen MR) is 113 cm³/mol. The quantitative estimate of drug-likeness (QED) is 0.458. The van der Waals surface area contributed by atoms with Gasteiger partial charge in [0.05, 0.1) is 12.2 Å². The number of aromatic nitrogens is 3. The summed E-state index contributed by atoms with van der Waals surface area (Å²) < 4.78 is 11.2. The average Bonchev–Trinajstić information content (AvgIpc) is 3.38. The van der Waals surface area contributed by atoms with Gasteiger partial charge in [0.2, 0.25) is 0 Å². The standard InChI is InChI=1S/C22H22N4O2S/c1-15-7-9-18(10-8-15)27-13-21-24-17(14-29-21)11-23-12-20-25-22(28-26-20)19-6-4-3-5-16(19)2/h3-10,14,23H,11-13H2,1-2H3. The molecule has 0 bridgehead atoms. The third kappa shape index (κ3) is 5.07. The first-order valence-corrected chi connectivity index (χ1v) is 10.3. The van der Waals surface area contributed by atoms with E-state index in [0.717, 1.165) is 27.6 Å². The van der Waals surface area contributed by atoms with Crippen molar-refractivity contribution in [3.63, 3.8) is 0 Å². The molecule has 2 heterocycles. The van der Waals surface area contributed by atoms with Gasteiger partial charge in [0.25, 0.3) is 5.89 Å². The maximum atomic E-state index is 5.78. The van der Waals surface area contributed by atoms with Crippen molar-refractivity contribution in [2.45, 2.75) is 33.5 Å². The highest BCUT2D eigenvalue weighted by Gasteiger charge is 2.11. The normalized spacial score (nSPS) is 11.0. The third-order valence-electron chi connectivity index (χ3n) is 4.42. The zero-order valence-electron chi connectivity index (χ0n) is 16.4. The Morgan fingerprint density at radius 3 is 2.66 bits per heavy atom. The highest BCUT2D eigenvalue weighted by Crippen LogP contribution is 2.21. The molecule has 0 atom stereocenters.